The topological polar surface area (TPSA) is 61.5 Å². The van der Waals surface area contributed by atoms with E-state index in [-0.39, 0.29) is 6.10 Å². The van der Waals surface area contributed by atoms with Crippen molar-refractivity contribution >= 4 is 5.97 Å². The van der Waals surface area contributed by atoms with Crippen LogP contribution < -0.4 is 5.90 Å². The Bertz CT molecular complexity index is 146. The van der Waals surface area contributed by atoms with Gasteiger partial charge in [0.1, 0.15) is 0 Å². The van der Waals surface area contributed by atoms with E-state index in [2.05, 4.69) is 4.84 Å². The van der Waals surface area contributed by atoms with Gasteiger partial charge in [0, 0.05) is 0 Å². The van der Waals surface area contributed by atoms with Gasteiger partial charge in [0.15, 0.2) is 6.10 Å². The van der Waals surface area contributed by atoms with Crippen LogP contribution in [-0.2, 0) is 14.4 Å². The molecule has 0 spiro atoms. The summed E-state index contributed by atoms with van der Waals surface area (Å²) in [6.45, 7) is 5.91. The van der Waals surface area contributed by atoms with Crippen LogP contribution in [0.4, 0.5) is 0 Å². The second kappa shape index (κ2) is 6.86. The average molecular weight is 189 g/mol. The fraction of sp³-hybridized carbons (Fsp3) is 0.889. The molecule has 0 aromatic rings. The van der Waals surface area contributed by atoms with Gasteiger partial charge in [-0.3, -0.25) is 0 Å². The molecule has 0 rings (SSSR count). The first-order valence-corrected chi connectivity index (χ1v) is 4.75. The smallest absolute Gasteiger partial charge is 0.353 e. The first-order valence-electron chi connectivity index (χ1n) is 4.75. The molecule has 0 saturated heterocycles. The molecule has 0 aliphatic rings. The van der Waals surface area contributed by atoms with E-state index in [1.165, 1.54) is 0 Å². The molecule has 13 heavy (non-hydrogen) atoms. The molecule has 4 nitrogen and oxygen atoms in total. The highest BCUT2D eigenvalue weighted by Gasteiger charge is 2.21. The molecule has 0 aromatic carbocycles. The lowest BCUT2D eigenvalue weighted by molar-refractivity contribution is -0.162. The maximum Gasteiger partial charge on any atom is 0.353 e. The van der Waals surface area contributed by atoms with Gasteiger partial charge in [-0.2, -0.15) is 5.90 Å². The van der Waals surface area contributed by atoms with Crippen LogP contribution in [0.3, 0.4) is 0 Å². The molecule has 2 N–H and O–H groups in total. The van der Waals surface area contributed by atoms with Crippen LogP contribution >= 0.6 is 0 Å². The second-order valence-electron chi connectivity index (χ2n) is 2.91. The van der Waals surface area contributed by atoms with Crippen LogP contribution in [0.5, 0.6) is 0 Å². The van der Waals surface area contributed by atoms with Gasteiger partial charge in [0.25, 0.3) is 0 Å². The molecular weight excluding hydrogens is 170 g/mol. The normalized spacial score (nSPS) is 13.0. The first kappa shape index (κ1) is 12.4. The summed E-state index contributed by atoms with van der Waals surface area (Å²) in [5, 5.41) is 0. The van der Waals surface area contributed by atoms with Gasteiger partial charge in [-0.05, 0) is 19.3 Å². The molecule has 0 fully saturated rings. The van der Waals surface area contributed by atoms with Crippen molar-refractivity contribution in [3.05, 3.63) is 0 Å². The zero-order chi connectivity index (χ0) is 10.3. The van der Waals surface area contributed by atoms with Crippen molar-refractivity contribution in [2.45, 2.75) is 52.2 Å². The van der Waals surface area contributed by atoms with Gasteiger partial charge in [0.2, 0.25) is 0 Å². The lowest BCUT2D eigenvalue weighted by atomic mass is 10.2. The van der Waals surface area contributed by atoms with Crippen molar-refractivity contribution in [2.75, 3.05) is 0 Å². The van der Waals surface area contributed by atoms with Gasteiger partial charge in [0.05, 0.1) is 6.10 Å². The van der Waals surface area contributed by atoms with Crippen LogP contribution in [0.1, 0.15) is 40.0 Å². The Morgan fingerprint density at radius 3 is 2.08 bits per heavy atom. The third-order valence-electron chi connectivity index (χ3n) is 2.02. The molecule has 1 unspecified atom stereocenters. The maximum absolute atomic E-state index is 11.0. The van der Waals surface area contributed by atoms with Crippen LogP contribution in [0.2, 0.25) is 0 Å². The third kappa shape index (κ3) is 4.24. The quantitative estimate of drug-likeness (QED) is 0.641. The number of ether oxygens (including phenoxy) is 1. The standard InChI is InChI=1S/C9H19NO3/c1-4-7(5-2)12-8(6-3)9(11)13-10/h7-8H,4-6,10H2,1-3H3. The number of hydrogen-bond donors (Lipinski definition) is 1. The molecule has 0 saturated carbocycles. The summed E-state index contributed by atoms with van der Waals surface area (Å²) >= 11 is 0. The van der Waals surface area contributed by atoms with Gasteiger partial charge < -0.3 is 9.57 Å². The second-order valence-corrected chi connectivity index (χ2v) is 2.91. The van der Waals surface area contributed by atoms with Crippen LogP contribution in [-0.4, -0.2) is 18.2 Å². The molecule has 0 aromatic heterocycles. The average Bonchev–Trinajstić information content (AvgIpc) is 2.19. The number of rotatable bonds is 6. The largest absolute Gasteiger partial charge is 0.371 e. The lowest BCUT2D eigenvalue weighted by Gasteiger charge is -2.19. The van der Waals surface area contributed by atoms with Crippen LogP contribution in [0.25, 0.3) is 0 Å². The number of carbonyl (C=O) groups excluding carboxylic acids is 1. The zero-order valence-corrected chi connectivity index (χ0v) is 8.58. The van der Waals surface area contributed by atoms with Gasteiger partial charge >= 0.3 is 5.97 Å². The fourth-order valence-corrected chi connectivity index (χ4v) is 1.11. The Balaban J connectivity index is 4.02. The number of hydrogen-bond acceptors (Lipinski definition) is 4. The summed E-state index contributed by atoms with van der Waals surface area (Å²) in [6, 6.07) is 0. The maximum atomic E-state index is 11.0. The van der Waals surface area contributed by atoms with Gasteiger partial charge in [-0.1, -0.05) is 20.8 Å². The van der Waals surface area contributed by atoms with Crippen LogP contribution in [0.15, 0.2) is 0 Å². The minimum Gasteiger partial charge on any atom is -0.371 e. The highest BCUT2D eigenvalue weighted by Crippen LogP contribution is 2.09. The Hall–Kier alpha value is -0.610. The predicted molar refractivity (Wildman–Crippen MR) is 49.8 cm³/mol. The van der Waals surface area contributed by atoms with Gasteiger partial charge in [-0.25, -0.2) is 4.79 Å². The van der Waals surface area contributed by atoms with Crippen molar-refractivity contribution in [1.82, 2.24) is 0 Å². The Morgan fingerprint density at radius 1 is 1.23 bits per heavy atom. The molecule has 0 amide bonds. The highest BCUT2D eigenvalue weighted by molar-refractivity contribution is 5.74. The molecule has 1 atom stereocenters. The molecule has 0 bridgehead atoms. The summed E-state index contributed by atoms with van der Waals surface area (Å²) in [5.41, 5.74) is 0. The zero-order valence-electron chi connectivity index (χ0n) is 8.58. The molecule has 0 heterocycles. The Morgan fingerprint density at radius 2 is 1.77 bits per heavy atom. The van der Waals surface area contributed by atoms with E-state index in [0.717, 1.165) is 12.8 Å². The fourth-order valence-electron chi connectivity index (χ4n) is 1.11. The van der Waals surface area contributed by atoms with E-state index in [1.54, 1.807) is 0 Å². The van der Waals surface area contributed by atoms with E-state index >= 15 is 0 Å². The minimum atomic E-state index is -0.519. The Labute approximate surface area is 79.3 Å². The molecule has 78 valence electrons. The molecule has 0 aliphatic carbocycles. The summed E-state index contributed by atoms with van der Waals surface area (Å²) in [5.74, 6) is 4.29. The van der Waals surface area contributed by atoms with Crippen molar-refractivity contribution < 1.29 is 14.4 Å². The van der Waals surface area contributed by atoms with Crippen molar-refractivity contribution in [3.8, 4) is 0 Å². The van der Waals surface area contributed by atoms with E-state index in [4.69, 9.17) is 10.6 Å². The van der Waals surface area contributed by atoms with Crippen LogP contribution in [0, 0.1) is 0 Å². The third-order valence-corrected chi connectivity index (χ3v) is 2.02. The van der Waals surface area contributed by atoms with E-state index in [1.807, 2.05) is 20.8 Å². The molecule has 0 aliphatic heterocycles. The van der Waals surface area contributed by atoms with E-state index < -0.39 is 12.1 Å². The minimum absolute atomic E-state index is 0.115. The van der Waals surface area contributed by atoms with Gasteiger partial charge in [-0.15, -0.1) is 0 Å². The predicted octanol–water partition coefficient (Wildman–Crippen LogP) is 1.39. The number of carbonyl (C=O) groups is 1. The molecule has 0 radical (unpaired) electrons. The summed E-state index contributed by atoms with van der Waals surface area (Å²) in [6.07, 6.45) is 1.97. The van der Waals surface area contributed by atoms with Crippen molar-refractivity contribution in [2.24, 2.45) is 5.90 Å². The van der Waals surface area contributed by atoms with Crippen molar-refractivity contribution in [1.29, 1.82) is 0 Å². The number of nitrogens with two attached hydrogens (primary N) is 1. The van der Waals surface area contributed by atoms with E-state index in [9.17, 15) is 4.79 Å². The monoisotopic (exact) mass is 189 g/mol. The summed E-state index contributed by atoms with van der Waals surface area (Å²) in [4.78, 5) is 15.2. The highest BCUT2D eigenvalue weighted by atomic mass is 16.7. The summed E-state index contributed by atoms with van der Waals surface area (Å²) < 4.78 is 5.50. The summed E-state index contributed by atoms with van der Waals surface area (Å²) in [7, 11) is 0. The lowest BCUT2D eigenvalue weighted by Crippen LogP contribution is -2.31. The van der Waals surface area contributed by atoms with Crippen molar-refractivity contribution in [3.63, 3.8) is 0 Å². The SMILES string of the molecule is CCC(CC)OC(CC)C(=O)ON. The molecule has 4 heteroatoms. The Kier molecular flexibility index (Phi) is 6.54. The van der Waals surface area contributed by atoms with E-state index in [0.29, 0.717) is 6.42 Å². The first-order chi connectivity index (χ1) is 6.19. The molecular formula is C9H19NO3.